The van der Waals surface area contributed by atoms with E-state index in [1.165, 1.54) is 25.7 Å². The molecule has 3 fully saturated rings. The lowest BCUT2D eigenvalue weighted by atomic mass is 9.54. The Morgan fingerprint density at radius 1 is 1.31 bits per heavy atom. The van der Waals surface area contributed by atoms with Crippen molar-refractivity contribution in [2.24, 2.45) is 16.3 Å². The average molecular weight is 357 g/mol. The molecular formula is C21H31N3O2. The second-order valence-electron chi connectivity index (χ2n) is 7.95. The number of aliphatic imine (C=N–C) groups is 1. The Hall–Kier alpha value is -1.59. The molecule has 3 N–H and O–H groups in total. The van der Waals surface area contributed by atoms with Gasteiger partial charge in [-0.1, -0.05) is 43.2 Å². The van der Waals surface area contributed by atoms with Gasteiger partial charge in [-0.25, -0.2) is 0 Å². The molecule has 1 aromatic rings. The summed E-state index contributed by atoms with van der Waals surface area (Å²) in [5.41, 5.74) is 1.21. The second-order valence-corrected chi connectivity index (χ2v) is 7.95. The molecule has 142 valence electrons. The molecule has 2 saturated carbocycles. The van der Waals surface area contributed by atoms with Gasteiger partial charge in [0.25, 0.3) is 0 Å². The number of aliphatic hydroxyl groups is 1. The largest absolute Gasteiger partial charge is 0.386 e. The highest BCUT2D eigenvalue weighted by Gasteiger charge is 2.65. The molecule has 4 rings (SSSR count). The highest BCUT2D eigenvalue weighted by molar-refractivity contribution is 5.80. The first-order valence-electron chi connectivity index (χ1n) is 10.1. The molecule has 1 aliphatic heterocycles. The molecule has 0 bridgehead atoms. The molecule has 5 nitrogen and oxygen atoms in total. The Labute approximate surface area is 156 Å². The fourth-order valence-corrected chi connectivity index (χ4v) is 5.33. The summed E-state index contributed by atoms with van der Waals surface area (Å²) in [6, 6.07) is 10.2. The SMILES string of the molecule is CCNC(=NCC(O)c1ccccc1)NC1C2CCOC2C12CCCC2. The molecule has 4 atom stereocenters. The maximum Gasteiger partial charge on any atom is 0.191 e. The van der Waals surface area contributed by atoms with Crippen LogP contribution in [0.3, 0.4) is 0 Å². The second kappa shape index (κ2) is 7.57. The van der Waals surface area contributed by atoms with Crippen molar-refractivity contribution in [3.05, 3.63) is 35.9 Å². The van der Waals surface area contributed by atoms with Gasteiger partial charge in [-0.3, -0.25) is 4.99 Å². The van der Waals surface area contributed by atoms with Gasteiger partial charge < -0.3 is 20.5 Å². The van der Waals surface area contributed by atoms with E-state index in [0.29, 0.717) is 30.0 Å². The van der Waals surface area contributed by atoms with Gasteiger partial charge in [0.05, 0.1) is 18.8 Å². The maximum absolute atomic E-state index is 10.4. The van der Waals surface area contributed by atoms with Crippen molar-refractivity contribution >= 4 is 5.96 Å². The molecule has 2 aliphatic carbocycles. The minimum atomic E-state index is -0.573. The van der Waals surface area contributed by atoms with Crippen molar-refractivity contribution in [2.75, 3.05) is 19.7 Å². The monoisotopic (exact) mass is 357 g/mol. The fraction of sp³-hybridized carbons (Fsp3) is 0.667. The third-order valence-corrected chi connectivity index (χ3v) is 6.53. The van der Waals surface area contributed by atoms with Crippen LogP contribution < -0.4 is 10.6 Å². The van der Waals surface area contributed by atoms with Crippen LogP contribution in [0.15, 0.2) is 35.3 Å². The van der Waals surface area contributed by atoms with E-state index in [4.69, 9.17) is 4.74 Å². The quantitative estimate of drug-likeness (QED) is 0.560. The number of benzene rings is 1. The normalized spacial score (nSPS) is 30.7. The van der Waals surface area contributed by atoms with E-state index < -0.39 is 6.10 Å². The summed E-state index contributed by atoms with van der Waals surface area (Å²) in [5, 5.41) is 17.5. The zero-order valence-corrected chi connectivity index (χ0v) is 15.7. The number of rotatable bonds is 5. The van der Waals surface area contributed by atoms with Gasteiger partial charge >= 0.3 is 0 Å². The molecular weight excluding hydrogens is 326 g/mol. The zero-order valence-electron chi connectivity index (χ0n) is 15.7. The van der Waals surface area contributed by atoms with E-state index in [1.807, 2.05) is 30.3 Å². The highest BCUT2D eigenvalue weighted by Crippen LogP contribution is 2.60. The molecule has 1 heterocycles. The summed E-state index contributed by atoms with van der Waals surface area (Å²) in [5.74, 6) is 1.43. The topological polar surface area (TPSA) is 65.9 Å². The van der Waals surface area contributed by atoms with Crippen molar-refractivity contribution in [3.63, 3.8) is 0 Å². The lowest BCUT2D eigenvalue weighted by molar-refractivity contribution is -0.125. The van der Waals surface area contributed by atoms with Crippen LogP contribution in [0.1, 0.15) is 50.7 Å². The minimum Gasteiger partial charge on any atom is -0.386 e. The van der Waals surface area contributed by atoms with Crippen LogP contribution in [0.5, 0.6) is 0 Å². The van der Waals surface area contributed by atoms with Gasteiger partial charge in [0.2, 0.25) is 0 Å². The molecule has 1 aromatic carbocycles. The average Bonchev–Trinajstić information content (AvgIpc) is 3.33. The van der Waals surface area contributed by atoms with Crippen molar-refractivity contribution in [2.45, 2.75) is 57.3 Å². The van der Waals surface area contributed by atoms with E-state index in [-0.39, 0.29) is 0 Å². The Bertz CT molecular complexity index is 627. The summed E-state index contributed by atoms with van der Waals surface area (Å²) in [4.78, 5) is 4.68. The Kier molecular flexibility index (Phi) is 5.18. The first-order chi connectivity index (χ1) is 12.7. The summed E-state index contributed by atoms with van der Waals surface area (Å²) < 4.78 is 6.08. The van der Waals surface area contributed by atoms with E-state index in [2.05, 4.69) is 22.5 Å². The van der Waals surface area contributed by atoms with Gasteiger partial charge in [-0.05, 0) is 31.7 Å². The number of hydrogen-bond acceptors (Lipinski definition) is 3. The first-order valence-corrected chi connectivity index (χ1v) is 10.1. The van der Waals surface area contributed by atoms with Crippen molar-refractivity contribution in [3.8, 4) is 0 Å². The third kappa shape index (κ3) is 3.12. The van der Waals surface area contributed by atoms with Crippen LogP contribution >= 0.6 is 0 Å². The molecule has 0 amide bonds. The van der Waals surface area contributed by atoms with Gasteiger partial charge in [-0.15, -0.1) is 0 Å². The Balaban J connectivity index is 1.45. The van der Waals surface area contributed by atoms with Gasteiger partial charge in [0, 0.05) is 30.5 Å². The minimum absolute atomic E-state index is 0.301. The molecule has 5 heteroatoms. The molecule has 26 heavy (non-hydrogen) atoms. The lowest BCUT2D eigenvalue weighted by Crippen LogP contribution is -2.69. The number of hydrogen-bond donors (Lipinski definition) is 3. The van der Waals surface area contributed by atoms with Crippen molar-refractivity contribution in [1.82, 2.24) is 10.6 Å². The fourth-order valence-electron chi connectivity index (χ4n) is 5.33. The van der Waals surface area contributed by atoms with Crippen LogP contribution in [-0.2, 0) is 4.74 Å². The lowest BCUT2D eigenvalue weighted by Gasteiger charge is -2.57. The number of guanidine groups is 1. The van der Waals surface area contributed by atoms with Gasteiger partial charge in [-0.2, -0.15) is 0 Å². The Morgan fingerprint density at radius 3 is 2.81 bits per heavy atom. The van der Waals surface area contributed by atoms with E-state index in [0.717, 1.165) is 31.1 Å². The van der Waals surface area contributed by atoms with Crippen LogP contribution in [0.25, 0.3) is 0 Å². The summed E-state index contributed by atoms with van der Waals surface area (Å²) in [7, 11) is 0. The Morgan fingerprint density at radius 2 is 2.08 bits per heavy atom. The van der Waals surface area contributed by atoms with E-state index >= 15 is 0 Å². The number of ether oxygens (including phenoxy) is 1. The summed E-state index contributed by atoms with van der Waals surface area (Å²) in [6.45, 7) is 4.16. The zero-order chi connectivity index (χ0) is 18.0. The highest BCUT2D eigenvalue weighted by atomic mass is 16.5. The number of nitrogens with zero attached hydrogens (tertiary/aromatic N) is 1. The predicted octanol–water partition coefficient (Wildman–Crippen LogP) is 2.62. The first kappa shape index (κ1) is 17.8. The van der Waals surface area contributed by atoms with Gasteiger partial charge in [0.1, 0.15) is 0 Å². The smallest absolute Gasteiger partial charge is 0.191 e. The van der Waals surface area contributed by atoms with E-state index in [1.54, 1.807) is 0 Å². The molecule has 4 unspecified atom stereocenters. The number of nitrogens with one attached hydrogen (secondary N) is 2. The molecule has 1 spiro atoms. The van der Waals surface area contributed by atoms with Crippen LogP contribution in [0, 0.1) is 11.3 Å². The van der Waals surface area contributed by atoms with Crippen LogP contribution in [0.2, 0.25) is 0 Å². The molecule has 3 aliphatic rings. The maximum atomic E-state index is 10.4. The van der Waals surface area contributed by atoms with Crippen molar-refractivity contribution in [1.29, 1.82) is 0 Å². The summed E-state index contributed by atoms with van der Waals surface area (Å²) >= 11 is 0. The third-order valence-electron chi connectivity index (χ3n) is 6.53. The predicted molar refractivity (Wildman–Crippen MR) is 103 cm³/mol. The molecule has 1 saturated heterocycles. The standard InChI is InChI=1S/C21H31N3O2/c1-2-22-20(23-14-17(25)15-8-4-3-5-9-15)24-18-16-10-13-26-19(16)21(18)11-6-7-12-21/h3-5,8-9,16-19,25H,2,6-7,10-14H2,1H3,(H2,22,23,24). The number of fused-ring (bicyclic) bond motifs is 2. The molecule has 0 radical (unpaired) electrons. The number of aliphatic hydroxyl groups excluding tert-OH is 1. The van der Waals surface area contributed by atoms with Crippen LogP contribution in [-0.4, -0.2) is 42.9 Å². The van der Waals surface area contributed by atoms with Gasteiger partial charge in [0.15, 0.2) is 5.96 Å². The van der Waals surface area contributed by atoms with E-state index in [9.17, 15) is 5.11 Å². The van der Waals surface area contributed by atoms with Crippen molar-refractivity contribution < 1.29 is 9.84 Å². The summed E-state index contributed by atoms with van der Waals surface area (Å²) in [6.07, 6.45) is 6.17. The molecule has 0 aromatic heterocycles. The van der Waals surface area contributed by atoms with Crippen LogP contribution in [0.4, 0.5) is 0 Å².